The molecule has 1 amide bonds. The molecule has 2 aromatic heterocycles. The maximum Gasteiger partial charge on any atom is 0.223 e. The minimum atomic E-state index is 0.288. The number of aromatic nitrogens is 3. The fourth-order valence-electron chi connectivity index (χ4n) is 5.10. The number of hydrogen-bond donors (Lipinski definition) is 0. The molecule has 0 radical (unpaired) electrons. The van der Waals surface area contributed by atoms with Crippen molar-refractivity contribution in [2.75, 3.05) is 0 Å². The van der Waals surface area contributed by atoms with E-state index in [9.17, 15) is 4.79 Å². The second kappa shape index (κ2) is 7.78. The predicted octanol–water partition coefficient (Wildman–Crippen LogP) is 5.09. The van der Waals surface area contributed by atoms with Crippen LogP contribution in [0.1, 0.15) is 60.9 Å². The second-order valence-corrected chi connectivity index (χ2v) is 9.00. The summed E-state index contributed by atoms with van der Waals surface area (Å²) in [6.07, 6.45) is 11.1. The molecule has 1 aliphatic carbocycles. The molecule has 2 aliphatic rings. The van der Waals surface area contributed by atoms with E-state index in [0.717, 1.165) is 17.2 Å². The highest BCUT2D eigenvalue weighted by Gasteiger charge is 2.32. The lowest BCUT2D eigenvalue weighted by molar-refractivity contribution is -0.133. The molecule has 0 saturated heterocycles. The molecule has 0 spiro atoms. The van der Waals surface area contributed by atoms with Crippen LogP contribution < -0.4 is 0 Å². The summed E-state index contributed by atoms with van der Waals surface area (Å²) < 4.78 is 4.18. The van der Waals surface area contributed by atoms with Gasteiger partial charge in [0.05, 0.1) is 24.5 Å². The summed E-state index contributed by atoms with van der Waals surface area (Å²) >= 11 is 0. The standard InChI is InChI=1S/C25H30N4O/c1-18-10-11-23(19(2)14-18)29-25(27-12-6-7-13-27)21-16-28(17-22(21)26-29)24(30)15-20-8-4-3-5-9-20/h6-7,10-14,20H,3-5,8-9,15-17H2,1-2H3. The molecule has 0 atom stereocenters. The van der Waals surface area contributed by atoms with Gasteiger partial charge in [0.15, 0.2) is 0 Å². The lowest BCUT2D eigenvalue weighted by atomic mass is 9.87. The highest BCUT2D eigenvalue weighted by atomic mass is 16.2. The summed E-state index contributed by atoms with van der Waals surface area (Å²) in [7, 11) is 0. The van der Waals surface area contributed by atoms with Crippen LogP contribution in [0.25, 0.3) is 11.5 Å². The number of benzene rings is 1. The van der Waals surface area contributed by atoms with Crippen molar-refractivity contribution in [3.63, 3.8) is 0 Å². The molecule has 5 rings (SSSR count). The molecule has 0 unspecified atom stereocenters. The van der Waals surface area contributed by atoms with Crippen LogP contribution in [0, 0.1) is 19.8 Å². The van der Waals surface area contributed by atoms with Crippen molar-refractivity contribution in [2.24, 2.45) is 5.92 Å². The molecule has 30 heavy (non-hydrogen) atoms. The van der Waals surface area contributed by atoms with Crippen molar-refractivity contribution in [1.29, 1.82) is 0 Å². The van der Waals surface area contributed by atoms with Crippen molar-refractivity contribution in [3.8, 4) is 11.5 Å². The van der Waals surface area contributed by atoms with Crippen LogP contribution in [0.2, 0.25) is 0 Å². The topological polar surface area (TPSA) is 43.1 Å². The van der Waals surface area contributed by atoms with E-state index in [1.807, 2.05) is 17.0 Å². The van der Waals surface area contributed by atoms with Crippen LogP contribution in [0.15, 0.2) is 42.7 Å². The van der Waals surface area contributed by atoms with Crippen molar-refractivity contribution >= 4 is 5.91 Å². The first-order valence-electron chi connectivity index (χ1n) is 11.2. The Balaban J connectivity index is 1.46. The maximum atomic E-state index is 13.0. The van der Waals surface area contributed by atoms with Crippen molar-refractivity contribution in [3.05, 3.63) is 65.1 Å². The maximum absolute atomic E-state index is 13.0. The number of carbonyl (C=O) groups is 1. The number of fused-ring (bicyclic) bond motifs is 1. The van der Waals surface area contributed by atoms with Crippen LogP contribution in [-0.4, -0.2) is 25.2 Å². The SMILES string of the molecule is Cc1ccc(-n2nc3c(c2-n2cccc2)CN(C(=O)CC2CCCCC2)C3)c(C)c1. The van der Waals surface area contributed by atoms with Gasteiger partial charge in [-0.05, 0) is 56.4 Å². The summed E-state index contributed by atoms with van der Waals surface area (Å²) in [6, 6.07) is 10.5. The van der Waals surface area contributed by atoms with Gasteiger partial charge in [-0.3, -0.25) is 4.79 Å². The number of hydrogen-bond acceptors (Lipinski definition) is 2. The molecule has 3 aromatic rings. The molecule has 5 heteroatoms. The predicted molar refractivity (Wildman–Crippen MR) is 118 cm³/mol. The monoisotopic (exact) mass is 402 g/mol. The van der Waals surface area contributed by atoms with Crippen molar-refractivity contribution in [1.82, 2.24) is 19.2 Å². The van der Waals surface area contributed by atoms with Crippen molar-refractivity contribution < 1.29 is 4.79 Å². The van der Waals surface area contributed by atoms with Gasteiger partial charge in [0, 0.05) is 24.4 Å². The third-order valence-electron chi connectivity index (χ3n) is 6.70. The van der Waals surface area contributed by atoms with Crippen LogP contribution in [0.3, 0.4) is 0 Å². The van der Waals surface area contributed by atoms with E-state index < -0.39 is 0 Å². The Labute approximate surface area is 178 Å². The van der Waals surface area contributed by atoms with Gasteiger partial charge in [-0.1, -0.05) is 37.0 Å². The number of rotatable bonds is 4. The molecule has 1 fully saturated rings. The Bertz CT molecular complexity index is 1060. The van der Waals surface area contributed by atoms with Gasteiger partial charge in [-0.15, -0.1) is 0 Å². The summed E-state index contributed by atoms with van der Waals surface area (Å²) in [5.74, 6) is 1.91. The average molecular weight is 403 g/mol. The van der Waals surface area contributed by atoms with E-state index in [1.165, 1.54) is 48.8 Å². The highest BCUT2D eigenvalue weighted by Crippen LogP contribution is 2.33. The Morgan fingerprint density at radius 3 is 2.57 bits per heavy atom. The van der Waals surface area contributed by atoms with Crippen LogP contribution in [0.5, 0.6) is 0 Å². The lowest BCUT2D eigenvalue weighted by Crippen LogP contribution is -2.28. The summed E-state index contributed by atoms with van der Waals surface area (Å²) in [5.41, 5.74) is 5.74. The Morgan fingerprint density at radius 1 is 1.07 bits per heavy atom. The first kappa shape index (κ1) is 19.2. The van der Waals surface area contributed by atoms with Crippen LogP contribution in [-0.2, 0) is 17.9 Å². The largest absolute Gasteiger partial charge is 0.332 e. The summed E-state index contributed by atoms with van der Waals surface area (Å²) in [6.45, 7) is 5.52. The molecule has 0 bridgehead atoms. The molecular formula is C25H30N4O. The molecule has 1 aromatic carbocycles. The zero-order chi connectivity index (χ0) is 20.7. The molecule has 1 saturated carbocycles. The van der Waals surface area contributed by atoms with Gasteiger partial charge in [0.1, 0.15) is 5.82 Å². The van der Waals surface area contributed by atoms with Crippen LogP contribution >= 0.6 is 0 Å². The van der Waals surface area contributed by atoms with Gasteiger partial charge in [0.25, 0.3) is 0 Å². The molecule has 3 heterocycles. The number of aryl methyl sites for hydroxylation is 2. The Morgan fingerprint density at radius 2 is 1.83 bits per heavy atom. The third-order valence-corrected chi connectivity index (χ3v) is 6.70. The van der Waals surface area contributed by atoms with E-state index in [2.05, 4.69) is 53.7 Å². The zero-order valence-electron chi connectivity index (χ0n) is 18.0. The lowest BCUT2D eigenvalue weighted by Gasteiger charge is -2.24. The number of nitrogens with zero attached hydrogens (tertiary/aromatic N) is 4. The molecule has 0 N–H and O–H groups in total. The van der Waals surface area contributed by atoms with E-state index >= 15 is 0 Å². The quantitative estimate of drug-likeness (QED) is 0.610. The van der Waals surface area contributed by atoms with Gasteiger partial charge in [-0.2, -0.15) is 5.10 Å². The zero-order valence-corrected chi connectivity index (χ0v) is 18.0. The van der Waals surface area contributed by atoms with Crippen molar-refractivity contribution in [2.45, 2.75) is 65.5 Å². The minimum Gasteiger partial charge on any atom is -0.332 e. The molecular weight excluding hydrogens is 372 g/mol. The summed E-state index contributed by atoms with van der Waals surface area (Å²) in [4.78, 5) is 15.0. The summed E-state index contributed by atoms with van der Waals surface area (Å²) in [5, 5.41) is 4.99. The normalized spacial score (nSPS) is 16.8. The molecule has 1 aliphatic heterocycles. The Hall–Kier alpha value is -2.82. The molecule has 5 nitrogen and oxygen atoms in total. The van der Waals surface area contributed by atoms with Gasteiger partial charge < -0.3 is 9.47 Å². The van der Waals surface area contributed by atoms with E-state index in [0.29, 0.717) is 25.4 Å². The van der Waals surface area contributed by atoms with Gasteiger partial charge >= 0.3 is 0 Å². The third kappa shape index (κ3) is 3.47. The molecule has 156 valence electrons. The minimum absolute atomic E-state index is 0.288. The first-order chi connectivity index (χ1) is 14.6. The van der Waals surface area contributed by atoms with Gasteiger partial charge in [0.2, 0.25) is 5.91 Å². The van der Waals surface area contributed by atoms with Gasteiger partial charge in [-0.25, -0.2) is 4.68 Å². The smallest absolute Gasteiger partial charge is 0.223 e. The van der Waals surface area contributed by atoms with E-state index in [1.54, 1.807) is 0 Å². The first-order valence-corrected chi connectivity index (χ1v) is 11.2. The highest BCUT2D eigenvalue weighted by molar-refractivity contribution is 5.77. The van der Waals surface area contributed by atoms with E-state index in [4.69, 9.17) is 5.10 Å². The second-order valence-electron chi connectivity index (χ2n) is 9.00. The van der Waals surface area contributed by atoms with Crippen LogP contribution in [0.4, 0.5) is 0 Å². The Kier molecular flexibility index (Phi) is 4.97. The fourth-order valence-corrected chi connectivity index (χ4v) is 5.10. The average Bonchev–Trinajstić information content (AvgIpc) is 3.44. The fraction of sp³-hybridized carbons (Fsp3) is 0.440. The number of amides is 1. The van der Waals surface area contributed by atoms with E-state index in [-0.39, 0.29) is 5.91 Å². The number of carbonyl (C=O) groups excluding carboxylic acids is 1.